The minimum atomic E-state index is -0.294. The molecule has 4 N–H and O–H groups in total. The molecule has 1 aromatic carbocycles. The number of anilines is 4. The maximum atomic E-state index is 12.1. The lowest BCUT2D eigenvalue weighted by Gasteiger charge is -2.09. The predicted molar refractivity (Wildman–Crippen MR) is 101 cm³/mol. The fraction of sp³-hybridized carbons (Fsp3) is 0.0588. The molecule has 10 heteroatoms. The van der Waals surface area contributed by atoms with Gasteiger partial charge in [-0.2, -0.15) is 0 Å². The Morgan fingerprint density at radius 3 is 2.59 bits per heavy atom. The second-order valence-electron chi connectivity index (χ2n) is 5.18. The van der Waals surface area contributed by atoms with Gasteiger partial charge in [-0.05, 0) is 12.1 Å². The number of carbonyl (C=O) groups excluding carboxylic acids is 1. The highest BCUT2D eigenvalue weighted by molar-refractivity contribution is 6.03. The third kappa shape index (κ3) is 4.51. The summed E-state index contributed by atoms with van der Waals surface area (Å²) >= 11 is 0. The highest BCUT2D eigenvalue weighted by atomic mass is 16.6. The first-order chi connectivity index (χ1) is 13.2. The highest BCUT2D eigenvalue weighted by Crippen LogP contribution is 2.19. The number of nitrogens with one attached hydrogen (secondary N) is 2. The molecule has 27 heavy (non-hydrogen) atoms. The van der Waals surface area contributed by atoms with E-state index in [2.05, 4.69) is 40.6 Å². The molecule has 0 aliphatic heterocycles. The lowest BCUT2D eigenvalue weighted by Crippen LogP contribution is -2.14. The van der Waals surface area contributed by atoms with Crippen LogP contribution in [0.2, 0.25) is 0 Å². The summed E-state index contributed by atoms with van der Waals surface area (Å²) in [5.74, 6) is 0.532. The molecule has 0 aliphatic carbocycles. The van der Waals surface area contributed by atoms with Gasteiger partial charge in [-0.1, -0.05) is 23.4 Å². The number of rotatable bonds is 6. The van der Waals surface area contributed by atoms with Crippen LogP contribution in [0.15, 0.2) is 54.2 Å². The van der Waals surface area contributed by atoms with E-state index in [1.165, 1.54) is 32.0 Å². The number of nitrogen functional groups attached to an aromatic ring is 1. The molecule has 3 rings (SSSR count). The third-order valence-electron chi connectivity index (χ3n) is 3.38. The molecule has 3 aromatic rings. The Kier molecular flexibility index (Phi) is 5.48. The van der Waals surface area contributed by atoms with Crippen molar-refractivity contribution in [3.63, 3.8) is 0 Å². The van der Waals surface area contributed by atoms with Crippen molar-refractivity contribution >= 4 is 35.4 Å². The zero-order valence-corrected chi connectivity index (χ0v) is 14.3. The van der Waals surface area contributed by atoms with Gasteiger partial charge in [0.1, 0.15) is 25.1 Å². The van der Waals surface area contributed by atoms with Gasteiger partial charge in [0.15, 0.2) is 0 Å². The molecule has 1 amide bonds. The van der Waals surface area contributed by atoms with Crippen LogP contribution in [0.3, 0.4) is 0 Å². The number of nitrogens with two attached hydrogens (primary N) is 1. The number of nitrogens with zero attached hydrogens (tertiary/aromatic N) is 5. The lowest BCUT2D eigenvalue weighted by molar-refractivity contribution is 0.102. The average molecular weight is 364 g/mol. The smallest absolute Gasteiger partial charge is 0.258 e. The summed E-state index contributed by atoms with van der Waals surface area (Å²) in [4.78, 5) is 33.0. The Bertz CT molecular complexity index is 945. The van der Waals surface area contributed by atoms with E-state index < -0.39 is 0 Å². The Morgan fingerprint density at radius 1 is 1.15 bits per heavy atom. The molecule has 0 atom stereocenters. The Balaban J connectivity index is 1.72. The normalized spacial score (nSPS) is 10.6. The second-order valence-corrected chi connectivity index (χ2v) is 5.18. The quantitative estimate of drug-likeness (QED) is 0.444. The largest absolute Gasteiger partial charge is 0.399 e. The van der Waals surface area contributed by atoms with Crippen molar-refractivity contribution in [2.45, 2.75) is 0 Å². The van der Waals surface area contributed by atoms with Gasteiger partial charge in [0.05, 0.1) is 29.9 Å². The summed E-state index contributed by atoms with van der Waals surface area (Å²) in [6.45, 7) is 0. The van der Waals surface area contributed by atoms with Crippen molar-refractivity contribution in [2.75, 3.05) is 23.5 Å². The topological polar surface area (TPSA) is 140 Å². The molecule has 0 unspecified atom stereocenters. The fourth-order valence-electron chi connectivity index (χ4n) is 2.10. The van der Waals surface area contributed by atoms with E-state index in [-0.39, 0.29) is 17.7 Å². The number of aromatic nitrogens is 4. The van der Waals surface area contributed by atoms with E-state index in [1.54, 1.807) is 24.3 Å². The van der Waals surface area contributed by atoms with Crippen LogP contribution in [-0.4, -0.2) is 39.2 Å². The maximum absolute atomic E-state index is 12.1. The van der Waals surface area contributed by atoms with Crippen molar-refractivity contribution in [1.29, 1.82) is 0 Å². The van der Waals surface area contributed by atoms with Crippen molar-refractivity contribution in [1.82, 2.24) is 19.9 Å². The van der Waals surface area contributed by atoms with E-state index in [0.717, 1.165) is 0 Å². The first-order valence-corrected chi connectivity index (χ1v) is 7.80. The molecule has 136 valence electrons. The van der Waals surface area contributed by atoms with Gasteiger partial charge < -0.3 is 15.9 Å². The minimum absolute atomic E-state index is 0.178. The van der Waals surface area contributed by atoms with Gasteiger partial charge >= 0.3 is 0 Å². The van der Waals surface area contributed by atoms with Crippen LogP contribution < -0.4 is 16.4 Å². The first-order valence-electron chi connectivity index (χ1n) is 7.80. The second kappa shape index (κ2) is 8.34. The lowest BCUT2D eigenvalue weighted by atomic mass is 10.2. The molecule has 0 spiro atoms. The Morgan fingerprint density at radius 2 is 1.89 bits per heavy atom. The first kappa shape index (κ1) is 17.7. The van der Waals surface area contributed by atoms with Crippen LogP contribution in [0.5, 0.6) is 0 Å². The van der Waals surface area contributed by atoms with Crippen molar-refractivity contribution < 1.29 is 9.63 Å². The molecular weight excluding hydrogens is 348 g/mol. The number of amides is 1. The summed E-state index contributed by atoms with van der Waals surface area (Å²) in [5.41, 5.74) is 7.35. The summed E-state index contributed by atoms with van der Waals surface area (Å²) in [7, 11) is 1.42. The highest BCUT2D eigenvalue weighted by Gasteiger charge is 2.10. The van der Waals surface area contributed by atoms with Crippen LogP contribution >= 0.6 is 0 Å². The number of hydrogen-bond donors (Lipinski definition) is 3. The average Bonchev–Trinajstić information content (AvgIpc) is 2.70. The van der Waals surface area contributed by atoms with Crippen LogP contribution in [0.25, 0.3) is 0 Å². The van der Waals surface area contributed by atoms with Gasteiger partial charge in [-0.25, -0.2) is 19.9 Å². The molecule has 0 aliphatic rings. The van der Waals surface area contributed by atoms with E-state index in [4.69, 9.17) is 5.73 Å². The molecule has 2 heterocycles. The summed E-state index contributed by atoms with van der Waals surface area (Å²) in [5, 5.41) is 9.32. The Labute approximate surface area is 154 Å². The van der Waals surface area contributed by atoms with Gasteiger partial charge in [0, 0.05) is 5.56 Å². The molecule has 2 aromatic heterocycles. The van der Waals surface area contributed by atoms with Crippen LogP contribution in [-0.2, 0) is 4.84 Å². The minimum Gasteiger partial charge on any atom is -0.399 e. The van der Waals surface area contributed by atoms with E-state index in [1.807, 2.05) is 6.07 Å². The monoisotopic (exact) mass is 364 g/mol. The molecule has 0 saturated carbocycles. The van der Waals surface area contributed by atoms with E-state index >= 15 is 0 Å². The SMILES string of the molecule is CO/N=C/c1c(N)ncnc1Nc1cnc(NC(=O)c2ccccc2)nc1. The zero-order chi connectivity index (χ0) is 19.1. The van der Waals surface area contributed by atoms with Crippen LogP contribution in [0, 0.1) is 0 Å². The van der Waals surface area contributed by atoms with Crippen molar-refractivity contribution in [2.24, 2.45) is 5.16 Å². The van der Waals surface area contributed by atoms with Crippen LogP contribution in [0.4, 0.5) is 23.3 Å². The third-order valence-corrected chi connectivity index (χ3v) is 3.38. The van der Waals surface area contributed by atoms with Gasteiger partial charge in [0.2, 0.25) is 5.95 Å². The molecular formula is C17H16N8O2. The van der Waals surface area contributed by atoms with Crippen LogP contribution in [0.1, 0.15) is 15.9 Å². The van der Waals surface area contributed by atoms with Crippen molar-refractivity contribution in [3.8, 4) is 0 Å². The number of benzene rings is 1. The Hall–Kier alpha value is -4.08. The standard InChI is InChI=1S/C17H16N8O2/c1-27-23-9-13-14(18)21-10-22-15(13)24-12-7-19-17(20-8-12)25-16(26)11-5-3-2-4-6-11/h2-10H,1H3,(H3,18,21,22,24)(H,19,20,25,26)/b23-9+. The molecule has 0 radical (unpaired) electrons. The predicted octanol–water partition coefficient (Wildman–Crippen LogP) is 1.83. The molecule has 0 fully saturated rings. The van der Waals surface area contributed by atoms with Gasteiger partial charge in [-0.15, -0.1) is 0 Å². The summed E-state index contributed by atoms with van der Waals surface area (Å²) in [6.07, 6.45) is 5.72. The summed E-state index contributed by atoms with van der Waals surface area (Å²) in [6, 6.07) is 8.79. The zero-order valence-electron chi connectivity index (χ0n) is 14.3. The fourth-order valence-corrected chi connectivity index (χ4v) is 2.10. The molecule has 0 saturated heterocycles. The number of hydrogen-bond acceptors (Lipinski definition) is 9. The number of carbonyl (C=O) groups is 1. The maximum Gasteiger partial charge on any atom is 0.258 e. The van der Waals surface area contributed by atoms with E-state index in [9.17, 15) is 4.79 Å². The van der Waals surface area contributed by atoms with Gasteiger partial charge in [0.25, 0.3) is 5.91 Å². The molecule has 0 bridgehead atoms. The van der Waals surface area contributed by atoms with Gasteiger partial charge in [-0.3, -0.25) is 10.1 Å². The van der Waals surface area contributed by atoms with E-state index in [0.29, 0.717) is 22.6 Å². The summed E-state index contributed by atoms with van der Waals surface area (Å²) < 4.78 is 0. The number of oxime groups is 1. The molecule has 10 nitrogen and oxygen atoms in total. The van der Waals surface area contributed by atoms with Crippen molar-refractivity contribution in [3.05, 3.63) is 60.2 Å².